The Labute approximate surface area is 171 Å². The van der Waals surface area contributed by atoms with Crippen molar-refractivity contribution in [3.8, 4) is 0 Å². The van der Waals surface area contributed by atoms with E-state index >= 15 is 0 Å². The lowest BCUT2D eigenvalue weighted by Gasteiger charge is -2.29. The van der Waals surface area contributed by atoms with E-state index in [1.807, 2.05) is 0 Å². The molecule has 0 saturated carbocycles. The van der Waals surface area contributed by atoms with Gasteiger partial charge in [0.1, 0.15) is 0 Å². The van der Waals surface area contributed by atoms with Crippen LogP contribution in [0.15, 0.2) is 97.1 Å². The van der Waals surface area contributed by atoms with Crippen molar-refractivity contribution in [1.29, 1.82) is 0 Å². The van der Waals surface area contributed by atoms with Crippen molar-refractivity contribution < 1.29 is 0 Å². The SMILES string of the molecule is Cc1ccccc1B1c2cc3ccccc3cc2Cc2cc3ccccc3cc21. The molecular weight excluding hydrogens is 347 g/mol. The molecule has 1 heterocycles. The van der Waals surface area contributed by atoms with Crippen LogP contribution in [0.2, 0.25) is 0 Å². The van der Waals surface area contributed by atoms with Gasteiger partial charge < -0.3 is 0 Å². The Balaban J connectivity index is 1.69. The second-order valence-electron chi connectivity index (χ2n) is 8.26. The van der Waals surface area contributed by atoms with Crippen LogP contribution in [-0.2, 0) is 6.42 Å². The first kappa shape index (κ1) is 16.6. The summed E-state index contributed by atoms with van der Waals surface area (Å²) < 4.78 is 0. The molecule has 1 aliphatic rings. The highest BCUT2D eigenvalue weighted by atomic mass is 14.2. The predicted octanol–water partition coefficient (Wildman–Crippen LogP) is 4.72. The third-order valence-corrected chi connectivity index (χ3v) is 6.52. The van der Waals surface area contributed by atoms with E-state index in [4.69, 9.17) is 0 Å². The molecule has 0 bridgehead atoms. The molecule has 6 rings (SSSR count). The van der Waals surface area contributed by atoms with E-state index in [0.717, 1.165) is 6.42 Å². The number of aryl methyl sites for hydroxylation is 1. The quantitative estimate of drug-likeness (QED) is 0.369. The summed E-state index contributed by atoms with van der Waals surface area (Å²) in [7, 11) is 0. The average Bonchev–Trinajstić information content (AvgIpc) is 2.75. The van der Waals surface area contributed by atoms with Crippen LogP contribution in [0, 0.1) is 6.92 Å². The van der Waals surface area contributed by atoms with Crippen LogP contribution in [0.4, 0.5) is 0 Å². The second-order valence-corrected chi connectivity index (χ2v) is 8.26. The average molecular weight is 368 g/mol. The summed E-state index contributed by atoms with van der Waals surface area (Å²) in [6.07, 6.45) is 1.00. The maximum absolute atomic E-state index is 2.43. The Morgan fingerprint density at radius 1 is 0.517 bits per heavy atom. The topological polar surface area (TPSA) is 0 Å². The van der Waals surface area contributed by atoms with Gasteiger partial charge in [-0.3, -0.25) is 0 Å². The highest BCUT2D eigenvalue weighted by molar-refractivity contribution is 6.96. The molecule has 1 aliphatic heterocycles. The number of hydrogen-bond donors (Lipinski definition) is 0. The first-order chi connectivity index (χ1) is 14.3. The first-order valence-electron chi connectivity index (χ1n) is 10.4. The summed E-state index contributed by atoms with van der Waals surface area (Å²) in [5.41, 5.74) is 8.61. The standard InChI is InChI=1S/C28H21B/c1-19-8-2-7-13-26(19)29-27-17-22-11-5-3-9-20(22)14-24(27)16-25-15-21-10-4-6-12-23(21)18-28(25)29/h2-15,17-18H,16H2,1H3. The van der Waals surface area contributed by atoms with Gasteiger partial charge in [-0.2, -0.15) is 0 Å². The largest absolute Gasteiger partial charge is 0.242 e. The van der Waals surface area contributed by atoms with Crippen molar-refractivity contribution in [2.75, 3.05) is 0 Å². The van der Waals surface area contributed by atoms with Crippen molar-refractivity contribution in [3.05, 3.63) is 114 Å². The normalized spacial score (nSPS) is 12.8. The van der Waals surface area contributed by atoms with Crippen molar-refractivity contribution in [2.24, 2.45) is 0 Å². The fourth-order valence-electron chi connectivity index (χ4n) is 5.07. The first-order valence-corrected chi connectivity index (χ1v) is 10.4. The minimum atomic E-state index is 0.282. The van der Waals surface area contributed by atoms with Gasteiger partial charge in [0.25, 0.3) is 0 Å². The zero-order valence-corrected chi connectivity index (χ0v) is 16.5. The molecule has 0 fully saturated rings. The maximum Gasteiger partial charge on any atom is 0.242 e. The molecule has 0 saturated heterocycles. The molecule has 0 N–H and O–H groups in total. The minimum absolute atomic E-state index is 0.282. The van der Waals surface area contributed by atoms with E-state index in [9.17, 15) is 0 Å². The molecule has 1 heteroatoms. The van der Waals surface area contributed by atoms with Gasteiger partial charge in [0, 0.05) is 0 Å². The van der Waals surface area contributed by atoms with Crippen LogP contribution in [0.3, 0.4) is 0 Å². The number of benzene rings is 5. The Hall–Kier alpha value is -3.32. The van der Waals surface area contributed by atoms with Crippen LogP contribution in [-0.4, -0.2) is 6.71 Å². The van der Waals surface area contributed by atoms with E-state index in [1.54, 1.807) is 0 Å². The molecule has 0 aromatic heterocycles. The second kappa shape index (κ2) is 6.35. The van der Waals surface area contributed by atoms with Gasteiger partial charge in [0.2, 0.25) is 6.71 Å². The Kier molecular flexibility index (Phi) is 3.64. The highest BCUT2D eigenvalue weighted by Gasteiger charge is 2.31. The van der Waals surface area contributed by atoms with Crippen molar-refractivity contribution in [1.82, 2.24) is 0 Å². The molecule has 29 heavy (non-hydrogen) atoms. The Morgan fingerprint density at radius 3 is 1.48 bits per heavy atom. The van der Waals surface area contributed by atoms with Gasteiger partial charge in [-0.05, 0) is 46.0 Å². The van der Waals surface area contributed by atoms with Crippen molar-refractivity contribution in [3.63, 3.8) is 0 Å². The fourth-order valence-corrected chi connectivity index (χ4v) is 5.07. The molecule has 0 spiro atoms. The molecule has 136 valence electrons. The van der Waals surface area contributed by atoms with E-state index in [0.29, 0.717) is 0 Å². The van der Waals surface area contributed by atoms with E-state index in [-0.39, 0.29) is 6.71 Å². The summed E-state index contributed by atoms with van der Waals surface area (Å²) in [5.74, 6) is 0. The number of rotatable bonds is 1. The van der Waals surface area contributed by atoms with Gasteiger partial charge in [0.15, 0.2) is 0 Å². The van der Waals surface area contributed by atoms with Gasteiger partial charge >= 0.3 is 0 Å². The zero-order chi connectivity index (χ0) is 19.4. The molecule has 0 atom stereocenters. The lowest BCUT2D eigenvalue weighted by molar-refractivity contribution is 1.22. The van der Waals surface area contributed by atoms with Crippen LogP contribution in [0.25, 0.3) is 21.5 Å². The molecule has 0 nitrogen and oxygen atoms in total. The minimum Gasteiger partial charge on any atom is -0.0667 e. The van der Waals surface area contributed by atoms with E-state index < -0.39 is 0 Å². The zero-order valence-electron chi connectivity index (χ0n) is 16.5. The summed E-state index contributed by atoms with van der Waals surface area (Å²) in [4.78, 5) is 0. The molecular formula is C28H21B. The van der Waals surface area contributed by atoms with Crippen molar-refractivity contribution >= 4 is 44.6 Å². The third kappa shape index (κ3) is 2.62. The maximum atomic E-state index is 2.43. The molecule has 0 aliphatic carbocycles. The van der Waals surface area contributed by atoms with Gasteiger partial charge in [-0.25, -0.2) is 0 Å². The summed E-state index contributed by atoms with van der Waals surface area (Å²) in [6.45, 7) is 2.52. The van der Waals surface area contributed by atoms with Crippen LogP contribution >= 0.6 is 0 Å². The van der Waals surface area contributed by atoms with Gasteiger partial charge in [0.05, 0.1) is 0 Å². The highest BCUT2D eigenvalue weighted by Crippen LogP contribution is 2.24. The summed E-state index contributed by atoms with van der Waals surface area (Å²) >= 11 is 0. The summed E-state index contributed by atoms with van der Waals surface area (Å²) in [5, 5.41) is 5.32. The summed E-state index contributed by atoms with van der Waals surface area (Å²) in [6, 6.07) is 36.0. The monoisotopic (exact) mass is 368 g/mol. The Morgan fingerprint density at radius 2 is 0.966 bits per heavy atom. The smallest absolute Gasteiger partial charge is 0.0667 e. The van der Waals surface area contributed by atoms with Crippen LogP contribution in [0.1, 0.15) is 16.7 Å². The third-order valence-electron chi connectivity index (χ3n) is 6.52. The van der Waals surface area contributed by atoms with E-state index in [1.165, 1.54) is 54.6 Å². The molecule has 0 unspecified atom stereocenters. The van der Waals surface area contributed by atoms with Gasteiger partial charge in [-0.1, -0.05) is 119 Å². The number of fused-ring (bicyclic) bond motifs is 4. The number of hydrogen-bond acceptors (Lipinski definition) is 0. The lowest BCUT2D eigenvalue weighted by atomic mass is 9.33. The van der Waals surface area contributed by atoms with E-state index in [2.05, 4.69) is 104 Å². The predicted molar refractivity (Wildman–Crippen MR) is 127 cm³/mol. The van der Waals surface area contributed by atoms with Crippen LogP contribution in [0.5, 0.6) is 0 Å². The van der Waals surface area contributed by atoms with Gasteiger partial charge in [-0.15, -0.1) is 0 Å². The Bertz CT molecular complexity index is 1310. The molecule has 5 aromatic rings. The van der Waals surface area contributed by atoms with Crippen molar-refractivity contribution in [2.45, 2.75) is 13.3 Å². The lowest BCUT2D eigenvalue weighted by Crippen LogP contribution is -2.57. The van der Waals surface area contributed by atoms with Crippen LogP contribution < -0.4 is 16.4 Å². The molecule has 0 amide bonds. The molecule has 0 radical (unpaired) electrons. The fraction of sp³-hybridized carbons (Fsp3) is 0.0714. The molecule has 5 aromatic carbocycles.